The lowest BCUT2D eigenvalue weighted by molar-refractivity contribution is 0.578. The van der Waals surface area contributed by atoms with E-state index in [-0.39, 0.29) is 6.54 Å². The molecule has 0 spiro atoms. The Morgan fingerprint density at radius 2 is 2.00 bits per heavy atom. The molecule has 0 atom stereocenters. The van der Waals surface area contributed by atoms with E-state index in [4.69, 9.17) is 0 Å². The maximum atomic E-state index is 12.5. The van der Waals surface area contributed by atoms with Gasteiger partial charge in [0.15, 0.2) is 0 Å². The normalized spacial score (nSPS) is 11.8. The minimum atomic E-state index is -3.57. The summed E-state index contributed by atoms with van der Waals surface area (Å²) in [5.74, 6) is 0.583. The van der Waals surface area contributed by atoms with E-state index >= 15 is 0 Å². The molecular weight excluding hydrogens is 288 g/mol. The van der Waals surface area contributed by atoms with Crippen LogP contribution in [0.5, 0.6) is 0 Å². The molecule has 0 unspecified atom stereocenters. The van der Waals surface area contributed by atoms with Crippen molar-refractivity contribution >= 4 is 10.0 Å². The SMILES string of the molecule is CNCc1cc(C)c(C)c(S(=O)(=O)NCc2ncc[nH]2)c1. The van der Waals surface area contributed by atoms with Gasteiger partial charge in [0.1, 0.15) is 5.82 Å². The number of aryl methyl sites for hydroxylation is 1. The molecule has 2 rings (SSSR count). The van der Waals surface area contributed by atoms with E-state index in [0.717, 1.165) is 16.7 Å². The van der Waals surface area contributed by atoms with Crippen LogP contribution >= 0.6 is 0 Å². The van der Waals surface area contributed by atoms with Crippen LogP contribution in [0.15, 0.2) is 29.4 Å². The summed E-state index contributed by atoms with van der Waals surface area (Å²) in [4.78, 5) is 7.20. The zero-order valence-corrected chi connectivity index (χ0v) is 13.2. The van der Waals surface area contributed by atoms with Gasteiger partial charge in [0.05, 0.1) is 11.4 Å². The van der Waals surface area contributed by atoms with Gasteiger partial charge in [0.25, 0.3) is 0 Å². The van der Waals surface area contributed by atoms with Gasteiger partial charge in [-0.25, -0.2) is 18.1 Å². The van der Waals surface area contributed by atoms with Gasteiger partial charge in [-0.3, -0.25) is 0 Å². The maximum Gasteiger partial charge on any atom is 0.241 e. The Bertz CT molecular complexity index is 709. The molecule has 0 aliphatic carbocycles. The Hall–Kier alpha value is -1.70. The lowest BCUT2D eigenvalue weighted by Gasteiger charge is -2.13. The van der Waals surface area contributed by atoms with Crippen molar-refractivity contribution in [3.05, 3.63) is 47.0 Å². The molecular formula is C14H20N4O2S. The quantitative estimate of drug-likeness (QED) is 0.749. The Labute approximate surface area is 125 Å². The number of benzene rings is 1. The van der Waals surface area contributed by atoms with Crippen LogP contribution in [0.4, 0.5) is 0 Å². The fourth-order valence-electron chi connectivity index (χ4n) is 2.12. The summed E-state index contributed by atoms with van der Waals surface area (Å²) in [5.41, 5.74) is 2.67. The third kappa shape index (κ3) is 3.69. The number of nitrogens with one attached hydrogen (secondary N) is 3. The molecule has 2 aromatic rings. The zero-order valence-electron chi connectivity index (χ0n) is 12.4. The van der Waals surface area contributed by atoms with Crippen LogP contribution in [0.25, 0.3) is 0 Å². The van der Waals surface area contributed by atoms with Crippen molar-refractivity contribution in [3.63, 3.8) is 0 Å². The molecule has 6 nitrogen and oxygen atoms in total. The van der Waals surface area contributed by atoms with Crippen LogP contribution in [0.2, 0.25) is 0 Å². The second kappa shape index (κ2) is 6.38. The summed E-state index contributed by atoms with van der Waals surface area (Å²) in [6.45, 7) is 4.51. The first-order valence-electron chi connectivity index (χ1n) is 6.66. The van der Waals surface area contributed by atoms with E-state index in [9.17, 15) is 8.42 Å². The molecule has 1 aromatic heterocycles. The monoisotopic (exact) mass is 308 g/mol. The third-order valence-corrected chi connectivity index (χ3v) is 4.86. The number of imidazole rings is 1. The molecule has 3 N–H and O–H groups in total. The van der Waals surface area contributed by atoms with Gasteiger partial charge >= 0.3 is 0 Å². The van der Waals surface area contributed by atoms with Crippen molar-refractivity contribution in [2.45, 2.75) is 31.8 Å². The van der Waals surface area contributed by atoms with Crippen LogP contribution in [0.1, 0.15) is 22.5 Å². The first-order valence-corrected chi connectivity index (χ1v) is 8.15. The maximum absolute atomic E-state index is 12.5. The standard InChI is InChI=1S/C14H20N4O2S/c1-10-6-12(8-15-3)7-13(11(10)2)21(19,20)18-9-14-16-4-5-17-14/h4-7,15,18H,8-9H2,1-3H3,(H,16,17). The molecule has 7 heteroatoms. The molecule has 0 aliphatic rings. The third-order valence-electron chi connectivity index (χ3n) is 3.33. The van der Waals surface area contributed by atoms with Crippen molar-refractivity contribution in [1.29, 1.82) is 0 Å². The predicted octanol–water partition coefficient (Wildman–Crippen LogP) is 1.22. The summed E-state index contributed by atoms with van der Waals surface area (Å²) in [5, 5.41) is 3.03. The van der Waals surface area contributed by atoms with Gasteiger partial charge in [-0.05, 0) is 43.7 Å². The summed E-state index contributed by atoms with van der Waals surface area (Å²) >= 11 is 0. The molecule has 0 saturated heterocycles. The van der Waals surface area contributed by atoms with E-state index < -0.39 is 10.0 Å². The van der Waals surface area contributed by atoms with Crippen molar-refractivity contribution in [1.82, 2.24) is 20.0 Å². The van der Waals surface area contributed by atoms with Crippen molar-refractivity contribution < 1.29 is 8.42 Å². The first-order chi connectivity index (χ1) is 9.94. The molecule has 1 aromatic carbocycles. The minimum absolute atomic E-state index is 0.143. The highest BCUT2D eigenvalue weighted by molar-refractivity contribution is 7.89. The topological polar surface area (TPSA) is 86.9 Å². The Balaban J connectivity index is 2.30. The highest BCUT2D eigenvalue weighted by atomic mass is 32.2. The summed E-state index contributed by atoms with van der Waals surface area (Å²) in [7, 11) is -1.74. The average molecular weight is 308 g/mol. The van der Waals surface area contributed by atoms with E-state index in [1.165, 1.54) is 0 Å². The molecule has 0 fully saturated rings. The molecule has 0 saturated carbocycles. The van der Waals surface area contributed by atoms with Crippen LogP contribution in [-0.2, 0) is 23.1 Å². The van der Waals surface area contributed by atoms with E-state index in [2.05, 4.69) is 20.0 Å². The molecule has 114 valence electrons. The number of sulfonamides is 1. The Kier molecular flexibility index (Phi) is 4.76. The van der Waals surface area contributed by atoms with E-state index in [1.54, 1.807) is 18.5 Å². The fraction of sp³-hybridized carbons (Fsp3) is 0.357. The predicted molar refractivity (Wildman–Crippen MR) is 81.3 cm³/mol. The van der Waals surface area contributed by atoms with Crippen LogP contribution in [0, 0.1) is 13.8 Å². The van der Waals surface area contributed by atoms with Crippen molar-refractivity contribution in [2.24, 2.45) is 0 Å². The number of H-pyrrole nitrogens is 1. The molecule has 0 aliphatic heterocycles. The number of hydrogen-bond acceptors (Lipinski definition) is 4. The van der Waals surface area contributed by atoms with Gasteiger partial charge in [0, 0.05) is 18.9 Å². The molecule has 0 amide bonds. The number of rotatable bonds is 6. The first kappa shape index (κ1) is 15.7. The number of aromatic nitrogens is 2. The van der Waals surface area contributed by atoms with E-state index in [1.807, 2.05) is 27.0 Å². The van der Waals surface area contributed by atoms with Crippen LogP contribution in [0.3, 0.4) is 0 Å². The van der Waals surface area contributed by atoms with E-state index in [0.29, 0.717) is 17.3 Å². The lowest BCUT2D eigenvalue weighted by Crippen LogP contribution is -2.25. The molecule has 21 heavy (non-hydrogen) atoms. The largest absolute Gasteiger partial charge is 0.347 e. The van der Waals surface area contributed by atoms with Gasteiger partial charge in [-0.1, -0.05) is 6.07 Å². The zero-order chi connectivity index (χ0) is 15.5. The highest BCUT2D eigenvalue weighted by Crippen LogP contribution is 2.21. The van der Waals surface area contributed by atoms with Crippen LogP contribution in [-0.4, -0.2) is 25.4 Å². The fourth-order valence-corrected chi connectivity index (χ4v) is 3.47. The number of aromatic amines is 1. The van der Waals surface area contributed by atoms with Crippen LogP contribution < -0.4 is 10.0 Å². The number of hydrogen-bond donors (Lipinski definition) is 3. The summed E-state index contributed by atoms with van der Waals surface area (Å²) < 4.78 is 27.5. The lowest BCUT2D eigenvalue weighted by atomic mass is 10.1. The molecule has 0 bridgehead atoms. The van der Waals surface area contributed by atoms with Gasteiger partial charge < -0.3 is 10.3 Å². The minimum Gasteiger partial charge on any atom is -0.347 e. The second-order valence-electron chi connectivity index (χ2n) is 4.93. The summed E-state index contributed by atoms with van der Waals surface area (Å²) in [6.07, 6.45) is 3.25. The van der Waals surface area contributed by atoms with Gasteiger partial charge in [-0.2, -0.15) is 0 Å². The second-order valence-corrected chi connectivity index (χ2v) is 6.66. The van der Waals surface area contributed by atoms with Crippen molar-refractivity contribution in [2.75, 3.05) is 7.05 Å². The highest BCUT2D eigenvalue weighted by Gasteiger charge is 2.19. The number of nitrogens with zero attached hydrogens (tertiary/aromatic N) is 1. The smallest absolute Gasteiger partial charge is 0.241 e. The Morgan fingerprint density at radius 1 is 1.24 bits per heavy atom. The van der Waals surface area contributed by atoms with Gasteiger partial charge in [0.2, 0.25) is 10.0 Å². The molecule has 0 radical (unpaired) electrons. The summed E-state index contributed by atoms with van der Waals surface area (Å²) in [6, 6.07) is 3.71. The Morgan fingerprint density at radius 3 is 2.62 bits per heavy atom. The average Bonchev–Trinajstić information content (AvgIpc) is 2.94. The van der Waals surface area contributed by atoms with Gasteiger partial charge in [-0.15, -0.1) is 0 Å². The molecule has 1 heterocycles. The van der Waals surface area contributed by atoms with Crippen molar-refractivity contribution in [3.8, 4) is 0 Å².